The summed E-state index contributed by atoms with van der Waals surface area (Å²) in [6.07, 6.45) is 6.83. The Hall–Kier alpha value is -2.03. The summed E-state index contributed by atoms with van der Waals surface area (Å²) >= 11 is 1.59. The zero-order valence-electron chi connectivity index (χ0n) is 13.2. The molecule has 0 unspecified atom stereocenters. The summed E-state index contributed by atoms with van der Waals surface area (Å²) < 4.78 is 29.8. The first-order chi connectivity index (χ1) is 11.6. The Morgan fingerprint density at radius 3 is 2.83 bits per heavy atom. The number of rotatable bonds is 7. The first kappa shape index (κ1) is 16.8. The molecule has 3 rings (SSSR count). The highest BCUT2D eigenvalue weighted by Crippen LogP contribution is 2.22. The van der Waals surface area contributed by atoms with Crippen molar-refractivity contribution < 1.29 is 8.42 Å². The second kappa shape index (κ2) is 7.25. The van der Waals surface area contributed by atoms with Crippen LogP contribution in [0.2, 0.25) is 0 Å². The van der Waals surface area contributed by atoms with Crippen LogP contribution in [-0.4, -0.2) is 23.2 Å². The molecule has 3 heterocycles. The number of aryl methyl sites for hydroxylation is 1. The van der Waals surface area contributed by atoms with Crippen molar-refractivity contribution in [2.24, 2.45) is 0 Å². The molecule has 24 heavy (non-hydrogen) atoms. The molecule has 0 aliphatic carbocycles. The van der Waals surface area contributed by atoms with Crippen LogP contribution in [0.3, 0.4) is 0 Å². The zero-order valence-corrected chi connectivity index (χ0v) is 14.8. The highest BCUT2D eigenvalue weighted by Gasteiger charge is 2.23. The summed E-state index contributed by atoms with van der Waals surface area (Å²) in [7, 11) is -3.66. The van der Waals surface area contributed by atoms with Crippen LogP contribution < -0.4 is 4.72 Å². The van der Waals surface area contributed by atoms with E-state index in [1.54, 1.807) is 34.5 Å². The molecule has 1 N–H and O–H groups in total. The van der Waals surface area contributed by atoms with E-state index in [-0.39, 0.29) is 10.9 Å². The van der Waals surface area contributed by atoms with Crippen LogP contribution in [-0.2, 0) is 23.0 Å². The molecule has 0 aromatic carbocycles. The molecule has 0 saturated heterocycles. The van der Waals surface area contributed by atoms with Gasteiger partial charge in [-0.1, -0.05) is 6.07 Å². The van der Waals surface area contributed by atoms with Crippen molar-refractivity contribution in [3.8, 4) is 0 Å². The lowest BCUT2D eigenvalue weighted by molar-refractivity contribution is 0.554. The minimum atomic E-state index is -3.66. The van der Waals surface area contributed by atoms with E-state index in [1.165, 1.54) is 12.4 Å². The van der Waals surface area contributed by atoms with Crippen LogP contribution in [0.1, 0.15) is 24.1 Å². The number of thiophene rings is 1. The third kappa shape index (κ3) is 3.89. The molecule has 1 atom stereocenters. The maximum absolute atomic E-state index is 12.7. The molecule has 0 aliphatic rings. The Balaban J connectivity index is 1.88. The Kier molecular flexibility index (Phi) is 5.08. The topological polar surface area (TPSA) is 76.9 Å². The SMILES string of the molecule is CCn1cc(S(=O)(=O)N[C@@H](Cc2ccsc2)c2cccnc2)cn1. The van der Waals surface area contributed by atoms with Crippen molar-refractivity contribution in [2.75, 3.05) is 0 Å². The number of nitrogens with one attached hydrogen (secondary N) is 1. The molecular weight excluding hydrogens is 344 g/mol. The average molecular weight is 362 g/mol. The van der Waals surface area contributed by atoms with Gasteiger partial charge in [0.2, 0.25) is 10.0 Å². The molecule has 0 aliphatic heterocycles. The molecule has 126 valence electrons. The number of nitrogens with zero attached hydrogens (tertiary/aromatic N) is 3. The van der Waals surface area contributed by atoms with Crippen LogP contribution in [0.4, 0.5) is 0 Å². The standard InChI is InChI=1S/C16H18N4O2S2/c1-2-20-11-15(10-18-20)24(21,22)19-16(8-13-5-7-23-12-13)14-4-3-6-17-9-14/h3-7,9-12,16,19H,2,8H2,1H3/t16-/m0/s1. The van der Waals surface area contributed by atoms with Gasteiger partial charge >= 0.3 is 0 Å². The van der Waals surface area contributed by atoms with E-state index in [1.807, 2.05) is 29.8 Å². The van der Waals surface area contributed by atoms with Crippen LogP contribution in [0.25, 0.3) is 0 Å². The lowest BCUT2D eigenvalue weighted by Crippen LogP contribution is -2.30. The van der Waals surface area contributed by atoms with Gasteiger partial charge in [0.15, 0.2) is 0 Å². The molecule has 3 aromatic rings. The largest absolute Gasteiger partial charge is 0.272 e. The fraction of sp³-hybridized carbons (Fsp3) is 0.250. The summed E-state index contributed by atoms with van der Waals surface area (Å²) in [5.41, 5.74) is 1.91. The molecular formula is C16H18N4O2S2. The molecule has 8 heteroatoms. The molecule has 0 radical (unpaired) electrons. The monoisotopic (exact) mass is 362 g/mol. The van der Waals surface area contributed by atoms with E-state index < -0.39 is 10.0 Å². The smallest absolute Gasteiger partial charge is 0.244 e. The van der Waals surface area contributed by atoms with Gasteiger partial charge in [0.25, 0.3) is 0 Å². The molecule has 0 amide bonds. The van der Waals surface area contributed by atoms with Crippen LogP contribution in [0.5, 0.6) is 0 Å². The third-order valence-corrected chi connectivity index (χ3v) is 5.81. The summed E-state index contributed by atoms with van der Waals surface area (Å²) in [6.45, 7) is 2.53. The maximum atomic E-state index is 12.7. The molecule has 3 aromatic heterocycles. The minimum Gasteiger partial charge on any atom is -0.272 e. The summed E-state index contributed by atoms with van der Waals surface area (Å²) in [5.74, 6) is 0. The normalized spacial score (nSPS) is 13.0. The molecule has 6 nitrogen and oxygen atoms in total. The van der Waals surface area contributed by atoms with Crippen molar-refractivity contribution in [1.29, 1.82) is 0 Å². The fourth-order valence-corrected chi connectivity index (χ4v) is 4.22. The van der Waals surface area contributed by atoms with Gasteiger partial charge in [-0.15, -0.1) is 0 Å². The maximum Gasteiger partial charge on any atom is 0.244 e. The van der Waals surface area contributed by atoms with Crippen LogP contribution >= 0.6 is 11.3 Å². The Bertz CT molecular complexity index is 874. The van der Waals surface area contributed by atoms with E-state index in [0.29, 0.717) is 13.0 Å². The highest BCUT2D eigenvalue weighted by molar-refractivity contribution is 7.89. The number of hydrogen-bond donors (Lipinski definition) is 1. The van der Waals surface area contributed by atoms with Crippen LogP contribution in [0, 0.1) is 0 Å². The third-order valence-electron chi connectivity index (χ3n) is 3.65. The van der Waals surface area contributed by atoms with E-state index in [0.717, 1.165) is 11.1 Å². The summed E-state index contributed by atoms with van der Waals surface area (Å²) in [6, 6.07) is 5.29. The minimum absolute atomic E-state index is 0.170. The van der Waals surface area contributed by atoms with Crippen molar-refractivity contribution in [3.05, 3.63) is 64.9 Å². The van der Waals surface area contributed by atoms with Gasteiger partial charge in [0.1, 0.15) is 4.90 Å². The van der Waals surface area contributed by atoms with Gasteiger partial charge in [-0.3, -0.25) is 9.67 Å². The first-order valence-electron chi connectivity index (χ1n) is 7.54. The van der Waals surface area contributed by atoms with E-state index in [4.69, 9.17) is 0 Å². The number of aromatic nitrogens is 3. The first-order valence-corrected chi connectivity index (χ1v) is 9.97. The molecule has 0 fully saturated rings. The van der Waals surface area contributed by atoms with Crippen molar-refractivity contribution in [3.63, 3.8) is 0 Å². The lowest BCUT2D eigenvalue weighted by atomic mass is 10.0. The van der Waals surface area contributed by atoms with Crippen molar-refractivity contribution in [1.82, 2.24) is 19.5 Å². The Morgan fingerprint density at radius 1 is 1.33 bits per heavy atom. The Morgan fingerprint density at radius 2 is 2.21 bits per heavy atom. The second-order valence-corrected chi connectivity index (χ2v) is 7.82. The zero-order chi connectivity index (χ0) is 17.0. The predicted molar refractivity (Wildman–Crippen MR) is 93.2 cm³/mol. The molecule has 0 spiro atoms. The number of sulfonamides is 1. The molecule has 0 bridgehead atoms. The van der Waals surface area contributed by atoms with E-state index >= 15 is 0 Å². The van der Waals surface area contributed by atoms with Gasteiger partial charge in [0.05, 0.1) is 12.2 Å². The quantitative estimate of drug-likeness (QED) is 0.701. The van der Waals surface area contributed by atoms with Gasteiger partial charge in [-0.05, 0) is 47.4 Å². The van der Waals surface area contributed by atoms with Gasteiger partial charge in [-0.25, -0.2) is 13.1 Å². The van der Waals surface area contributed by atoms with Gasteiger partial charge < -0.3 is 0 Å². The summed E-state index contributed by atoms with van der Waals surface area (Å²) in [5, 5.41) is 8.05. The highest BCUT2D eigenvalue weighted by atomic mass is 32.2. The number of hydrogen-bond acceptors (Lipinski definition) is 5. The molecule has 0 saturated carbocycles. The Labute approximate surface area is 145 Å². The fourth-order valence-electron chi connectivity index (χ4n) is 2.37. The lowest BCUT2D eigenvalue weighted by Gasteiger charge is -2.18. The average Bonchev–Trinajstić information content (AvgIpc) is 3.26. The summed E-state index contributed by atoms with van der Waals surface area (Å²) in [4.78, 5) is 4.28. The van der Waals surface area contributed by atoms with Crippen molar-refractivity contribution >= 4 is 21.4 Å². The second-order valence-electron chi connectivity index (χ2n) is 5.33. The predicted octanol–water partition coefficient (Wildman–Crippen LogP) is 2.62. The number of pyridine rings is 1. The van der Waals surface area contributed by atoms with Gasteiger partial charge in [0, 0.05) is 25.1 Å². The van der Waals surface area contributed by atoms with Gasteiger partial charge in [-0.2, -0.15) is 16.4 Å². The van der Waals surface area contributed by atoms with E-state index in [9.17, 15) is 8.42 Å². The van der Waals surface area contributed by atoms with Crippen molar-refractivity contribution in [2.45, 2.75) is 30.8 Å². The van der Waals surface area contributed by atoms with E-state index in [2.05, 4.69) is 14.8 Å². The van der Waals surface area contributed by atoms with Crippen LogP contribution in [0.15, 0.2) is 58.6 Å².